The van der Waals surface area contributed by atoms with E-state index in [0.717, 1.165) is 24.3 Å². The lowest BCUT2D eigenvalue weighted by Gasteiger charge is -2.38. The zero-order chi connectivity index (χ0) is 45.8. The Morgan fingerprint density at radius 1 is 0.541 bits per heavy atom. The first-order valence-corrected chi connectivity index (χ1v) is 17.0. The van der Waals surface area contributed by atoms with Gasteiger partial charge < -0.3 is 28.4 Å². The van der Waals surface area contributed by atoms with E-state index in [1.54, 1.807) is 0 Å². The van der Waals surface area contributed by atoms with E-state index in [9.17, 15) is 45.5 Å². The normalized spacial score (nSPS) is 11.6. The van der Waals surface area contributed by atoms with Gasteiger partial charge in [0.15, 0.2) is 23.3 Å². The Bertz CT molecular complexity index is 2210. The van der Waals surface area contributed by atoms with Crippen molar-refractivity contribution in [3.05, 3.63) is 142 Å². The third kappa shape index (κ3) is 10.1. The second-order valence-corrected chi connectivity index (χ2v) is 13.0. The lowest BCUT2D eigenvalue weighted by molar-refractivity contribution is -0.288. The van der Waals surface area contributed by atoms with E-state index >= 15 is 17.6 Å². The second-order valence-electron chi connectivity index (χ2n) is 13.0. The van der Waals surface area contributed by atoms with E-state index < -0.39 is 137 Å². The molecule has 0 atom stereocenters. The summed E-state index contributed by atoms with van der Waals surface area (Å²) in [5.74, 6) is -17.1. The Morgan fingerprint density at radius 3 is 1.11 bits per heavy atom. The maximum Gasteiger partial charge on any atom is 0.411 e. The van der Waals surface area contributed by atoms with Crippen molar-refractivity contribution in [2.45, 2.75) is 45.5 Å². The van der Waals surface area contributed by atoms with Gasteiger partial charge in [0, 0.05) is 11.1 Å². The molecule has 4 aromatic rings. The van der Waals surface area contributed by atoms with Gasteiger partial charge in [0.05, 0.1) is 11.1 Å². The van der Waals surface area contributed by atoms with E-state index in [4.69, 9.17) is 18.9 Å². The average Bonchev–Trinajstić information content (AvgIpc) is 3.13. The van der Waals surface area contributed by atoms with Gasteiger partial charge in [-0.15, -0.1) is 0 Å². The number of ether oxygens (including phenoxy) is 6. The van der Waals surface area contributed by atoms with Crippen LogP contribution in [0.15, 0.2) is 85.0 Å². The summed E-state index contributed by atoms with van der Waals surface area (Å²) in [6.45, 7) is 10.9. The van der Waals surface area contributed by atoms with E-state index in [-0.39, 0.29) is 33.8 Å². The van der Waals surface area contributed by atoms with Gasteiger partial charge in [-0.2, -0.15) is 26.3 Å². The summed E-state index contributed by atoms with van der Waals surface area (Å²) < 4.78 is 180. The first-order valence-electron chi connectivity index (χ1n) is 17.0. The summed E-state index contributed by atoms with van der Waals surface area (Å²) in [5, 5.41) is 0. The summed E-state index contributed by atoms with van der Waals surface area (Å²) in [4.78, 5) is 48.7. The molecule has 0 fully saturated rings. The highest BCUT2D eigenvalue weighted by Gasteiger charge is 2.73. The predicted molar refractivity (Wildman–Crippen MR) is 191 cm³/mol. The van der Waals surface area contributed by atoms with Crippen LogP contribution < -0.4 is 18.9 Å². The third-order valence-electron chi connectivity index (χ3n) is 8.47. The highest BCUT2D eigenvalue weighted by atomic mass is 19.4. The molecule has 20 heteroatoms. The van der Waals surface area contributed by atoms with Gasteiger partial charge >= 0.3 is 36.2 Å². The van der Waals surface area contributed by atoms with Crippen molar-refractivity contribution in [3.63, 3.8) is 0 Å². The van der Waals surface area contributed by atoms with Crippen LogP contribution in [0.3, 0.4) is 0 Å². The average molecular weight is 873 g/mol. The van der Waals surface area contributed by atoms with Crippen molar-refractivity contribution in [3.8, 4) is 23.0 Å². The Morgan fingerprint density at radius 2 is 0.852 bits per heavy atom. The molecule has 4 rings (SSSR count). The standard InChI is InChI=1S/C41H30F10O10/c1-19(2)35(52)58-17-56-25-7-9-27(21(5)11-25)37(54)60-33-29(42)13-23(14-30(33)43)39(40(46,47)48,41(49,50)51)24-15-31(44)34(32(45)16-24)61-38(55)28-10-8-26(12-22(28)6)57-18-59-36(53)20(3)4/h7-16H,1,3,17-18H2,2,4-6H3. The number of hydrogen-bond acceptors (Lipinski definition) is 10. The molecular formula is C41H30F10O10. The van der Waals surface area contributed by atoms with E-state index in [0.29, 0.717) is 0 Å². The number of aryl methyl sites for hydroxylation is 2. The van der Waals surface area contributed by atoms with Crippen LogP contribution in [-0.2, 0) is 24.5 Å². The monoisotopic (exact) mass is 872 g/mol. The summed E-state index contributed by atoms with van der Waals surface area (Å²) in [6, 6.07) is 4.75. The number of rotatable bonds is 14. The molecule has 0 bridgehead atoms. The molecule has 10 nitrogen and oxygen atoms in total. The fourth-order valence-corrected chi connectivity index (χ4v) is 5.48. The highest BCUT2D eigenvalue weighted by Crippen LogP contribution is 2.57. The van der Waals surface area contributed by atoms with E-state index in [1.807, 2.05) is 0 Å². The van der Waals surface area contributed by atoms with Crippen molar-refractivity contribution in [1.29, 1.82) is 0 Å². The van der Waals surface area contributed by atoms with Gasteiger partial charge in [-0.3, -0.25) is 0 Å². The van der Waals surface area contributed by atoms with Crippen LogP contribution in [0.4, 0.5) is 43.9 Å². The Hall–Kier alpha value is -6.86. The van der Waals surface area contributed by atoms with Gasteiger partial charge in [-0.25, -0.2) is 36.7 Å². The molecule has 0 amide bonds. The van der Waals surface area contributed by atoms with Crippen molar-refractivity contribution >= 4 is 23.9 Å². The van der Waals surface area contributed by atoms with E-state index in [2.05, 4.69) is 22.6 Å². The molecule has 0 spiro atoms. The molecule has 0 radical (unpaired) electrons. The molecule has 0 saturated heterocycles. The minimum Gasteiger partial charge on any atom is -0.457 e. The van der Waals surface area contributed by atoms with Crippen molar-refractivity contribution in [2.75, 3.05) is 13.6 Å². The predicted octanol–water partition coefficient (Wildman–Crippen LogP) is 9.62. The number of alkyl halides is 6. The number of carbonyl (C=O) groups excluding carboxylic acids is 4. The topological polar surface area (TPSA) is 124 Å². The smallest absolute Gasteiger partial charge is 0.411 e. The van der Waals surface area contributed by atoms with Crippen LogP contribution >= 0.6 is 0 Å². The molecule has 0 aliphatic heterocycles. The molecule has 61 heavy (non-hydrogen) atoms. The van der Waals surface area contributed by atoms with Gasteiger partial charge in [0.2, 0.25) is 30.5 Å². The van der Waals surface area contributed by atoms with Gasteiger partial charge in [-0.1, -0.05) is 13.2 Å². The summed E-state index contributed by atoms with van der Waals surface area (Å²) in [5.41, 5.74) is -10.7. The number of benzene rings is 4. The molecule has 0 aliphatic carbocycles. The Labute approximate surface area is 338 Å². The van der Waals surface area contributed by atoms with Crippen LogP contribution in [-0.4, -0.2) is 49.8 Å². The first-order chi connectivity index (χ1) is 28.3. The number of hydrogen-bond donors (Lipinski definition) is 0. The third-order valence-corrected chi connectivity index (χ3v) is 8.47. The molecule has 0 aromatic heterocycles. The molecule has 0 aliphatic rings. The number of halogens is 10. The molecule has 0 saturated carbocycles. The molecule has 0 N–H and O–H groups in total. The highest BCUT2D eigenvalue weighted by molar-refractivity contribution is 5.93. The molecule has 0 unspecified atom stereocenters. The largest absolute Gasteiger partial charge is 0.457 e. The summed E-state index contributed by atoms with van der Waals surface area (Å²) >= 11 is 0. The fraction of sp³-hybridized carbons (Fsp3) is 0.220. The van der Waals surface area contributed by atoms with Gasteiger partial charge in [0.1, 0.15) is 11.5 Å². The minimum absolute atomic E-state index is 0.0221. The van der Waals surface area contributed by atoms with Gasteiger partial charge in [-0.05, 0) is 111 Å². The molecular weight excluding hydrogens is 842 g/mol. The molecule has 0 heterocycles. The van der Waals surface area contributed by atoms with Crippen molar-refractivity contribution < 1.29 is 91.5 Å². The van der Waals surface area contributed by atoms with Gasteiger partial charge in [0.25, 0.3) is 0 Å². The van der Waals surface area contributed by atoms with Crippen molar-refractivity contribution in [1.82, 2.24) is 0 Å². The lowest BCUT2D eigenvalue weighted by Crippen LogP contribution is -2.55. The quantitative estimate of drug-likeness (QED) is 0.0398. The molecule has 324 valence electrons. The van der Waals surface area contributed by atoms with Crippen LogP contribution in [0.25, 0.3) is 0 Å². The van der Waals surface area contributed by atoms with Crippen LogP contribution in [0, 0.1) is 37.1 Å². The second kappa shape index (κ2) is 18.2. The maximum absolute atomic E-state index is 15.4. The zero-order valence-electron chi connectivity index (χ0n) is 32.0. The van der Waals surface area contributed by atoms with Crippen molar-refractivity contribution in [2.24, 2.45) is 0 Å². The van der Waals surface area contributed by atoms with Crippen LogP contribution in [0.1, 0.15) is 56.8 Å². The first kappa shape index (κ1) is 46.8. The Balaban J connectivity index is 1.65. The summed E-state index contributed by atoms with van der Waals surface area (Å²) in [7, 11) is 0. The Kier molecular flexibility index (Phi) is 14.0. The zero-order valence-corrected chi connectivity index (χ0v) is 32.0. The van der Waals surface area contributed by atoms with Crippen LogP contribution in [0.5, 0.6) is 23.0 Å². The maximum atomic E-state index is 15.4. The molecule has 4 aromatic carbocycles. The fourth-order valence-electron chi connectivity index (χ4n) is 5.48. The number of carbonyl (C=O) groups is 4. The minimum atomic E-state index is -6.63. The lowest BCUT2D eigenvalue weighted by atomic mass is 9.72. The number of esters is 4. The van der Waals surface area contributed by atoms with E-state index in [1.165, 1.54) is 39.8 Å². The SMILES string of the molecule is C=C(C)C(=O)OCOc1ccc(C(=O)Oc2c(F)cc(C(c3cc(F)c(OC(=O)c4ccc(OCOC(=O)C(=C)C)cc4C)c(F)c3)(C(F)(F)F)C(F)(F)F)cc2F)c(C)c1. The summed E-state index contributed by atoms with van der Waals surface area (Å²) in [6.07, 6.45) is -13.3. The van der Waals surface area contributed by atoms with Crippen LogP contribution in [0.2, 0.25) is 0 Å².